The molecule has 7 nitrogen and oxygen atoms in total. The van der Waals surface area contributed by atoms with E-state index in [9.17, 15) is 9.59 Å². The Hall–Kier alpha value is -3.42. The van der Waals surface area contributed by atoms with Crippen molar-refractivity contribution >= 4 is 34.2 Å². The Morgan fingerprint density at radius 1 is 1.15 bits per heavy atom. The SMILES string of the molecule is COc1cccc(C=C2CCc3c2oc2cc(NC(=O)CN4CCOCC4)ccc2c3=O)c1. The lowest BCUT2D eigenvalue weighted by Gasteiger charge is -2.25. The van der Waals surface area contributed by atoms with Gasteiger partial charge in [0, 0.05) is 30.4 Å². The molecule has 0 spiro atoms. The smallest absolute Gasteiger partial charge is 0.238 e. The van der Waals surface area contributed by atoms with Crippen LogP contribution in [-0.2, 0) is 16.0 Å². The molecule has 1 aliphatic heterocycles. The highest BCUT2D eigenvalue weighted by atomic mass is 16.5. The average Bonchev–Trinajstić information content (AvgIpc) is 3.22. The molecule has 1 aliphatic carbocycles. The van der Waals surface area contributed by atoms with Crippen molar-refractivity contribution < 1.29 is 18.7 Å². The van der Waals surface area contributed by atoms with Crippen LogP contribution < -0.4 is 15.5 Å². The molecule has 33 heavy (non-hydrogen) atoms. The lowest BCUT2D eigenvalue weighted by molar-refractivity contribution is -0.118. The summed E-state index contributed by atoms with van der Waals surface area (Å²) in [5, 5.41) is 3.45. The molecule has 0 atom stereocenters. The Labute approximate surface area is 191 Å². The van der Waals surface area contributed by atoms with Gasteiger partial charge in [-0.15, -0.1) is 0 Å². The molecule has 1 saturated heterocycles. The first kappa shape index (κ1) is 21.4. The number of morpholine rings is 1. The van der Waals surface area contributed by atoms with Crippen molar-refractivity contribution in [3.05, 3.63) is 69.6 Å². The second kappa shape index (κ2) is 9.21. The van der Waals surface area contributed by atoms with E-state index in [4.69, 9.17) is 13.9 Å². The van der Waals surface area contributed by atoms with Crippen molar-refractivity contribution in [1.82, 2.24) is 4.90 Å². The third-order valence-electron chi connectivity index (χ3n) is 6.11. The van der Waals surface area contributed by atoms with Gasteiger partial charge in [0.15, 0.2) is 5.43 Å². The summed E-state index contributed by atoms with van der Waals surface area (Å²) >= 11 is 0. The average molecular weight is 447 g/mol. The summed E-state index contributed by atoms with van der Waals surface area (Å²) in [5.41, 5.74) is 3.76. The van der Waals surface area contributed by atoms with Gasteiger partial charge < -0.3 is 19.2 Å². The van der Waals surface area contributed by atoms with Gasteiger partial charge in [0.1, 0.15) is 17.1 Å². The largest absolute Gasteiger partial charge is 0.497 e. The molecule has 0 unspecified atom stereocenters. The molecule has 3 aromatic rings. The lowest BCUT2D eigenvalue weighted by Crippen LogP contribution is -2.41. The number of anilines is 1. The highest BCUT2D eigenvalue weighted by Crippen LogP contribution is 2.35. The van der Waals surface area contributed by atoms with Gasteiger partial charge >= 0.3 is 0 Å². The van der Waals surface area contributed by atoms with Gasteiger partial charge in [0.2, 0.25) is 5.91 Å². The molecule has 0 saturated carbocycles. The second-order valence-corrected chi connectivity index (χ2v) is 8.33. The van der Waals surface area contributed by atoms with Crippen LogP contribution in [0.1, 0.15) is 23.3 Å². The molecule has 1 N–H and O–H groups in total. The van der Waals surface area contributed by atoms with Gasteiger partial charge in [-0.05, 0) is 54.3 Å². The molecule has 1 aromatic heterocycles. The number of benzene rings is 2. The van der Waals surface area contributed by atoms with E-state index < -0.39 is 0 Å². The first-order valence-corrected chi connectivity index (χ1v) is 11.2. The fourth-order valence-electron chi connectivity index (χ4n) is 4.40. The maximum absolute atomic E-state index is 13.1. The quantitative estimate of drug-likeness (QED) is 0.646. The van der Waals surface area contributed by atoms with Gasteiger partial charge in [-0.1, -0.05) is 12.1 Å². The van der Waals surface area contributed by atoms with Crippen molar-refractivity contribution in [3.8, 4) is 5.75 Å². The number of fused-ring (bicyclic) bond motifs is 2. The van der Waals surface area contributed by atoms with Crippen LogP contribution >= 0.6 is 0 Å². The van der Waals surface area contributed by atoms with Crippen LogP contribution in [0.2, 0.25) is 0 Å². The summed E-state index contributed by atoms with van der Waals surface area (Å²) in [4.78, 5) is 27.6. The predicted octanol–water partition coefficient (Wildman–Crippen LogP) is 3.56. The van der Waals surface area contributed by atoms with Crippen LogP contribution in [0.5, 0.6) is 5.75 Å². The van der Waals surface area contributed by atoms with Gasteiger partial charge in [0.25, 0.3) is 0 Å². The van der Waals surface area contributed by atoms with Crippen LogP contribution in [0.25, 0.3) is 22.6 Å². The van der Waals surface area contributed by atoms with Crippen LogP contribution in [0, 0.1) is 0 Å². The van der Waals surface area contributed by atoms with Gasteiger partial charge in [-0.25, -0.2) is 0 Å². The Kier molecular flexibility index (Phi) is 5.98. The fourth-order valence-corrected chi connectivity index (χ4v) is 4.40. The number of nitrogens with one attached hydrogen (secondary N) is 1. The van der Waals surface area contributed by atoms with E-state index >= 15 is 0 Å². The van der Waals surface area contributed by atoms with Crippen molar-refractivity contribution in [2.24, 2.45) is 0 Å². The number of nitrogens with zero attached hydrogens (tertiary/aromatic N) is 1. The molecule has 2 aliphatic rings. The van der Waals surface area contributed by atoms with Crippen LogP contribution in [-0.4, -0.2) is 50.8 Å². The summed E-state index contributed by atoms with van der Waals surface area (Å²) in [6.45, 7) is 3.09. The monoisotopic (exact) mass is 446 g/mol. The topological polar surface area (TPSA) is 81.0 Å². The normalized spacial score (nSPS) is 17.3. The highest BCUT2D eigenvalue weighted by Gasteiger charge is 2.24. The molecule has 1 fully saturated rings. The number of rotatable bonds is 5. The predicted molar refractivity (Wildman–Crippen MR) is 128 cm³/mol. The van der Waals surface area contributed by atoms with E-state index in [1.54, 1.807) is 25.3 Å². The number of carbonyl (C=O) groups excluding carboxylic acids is 1. The molecule has 0 radical (unpaired) electrons. The Morgan fingerprint density at radius 3 is 2.82 bits per heavy atom. The van der Waals surface area contributed by atoms with Gasteiger partial charge in [-0.2, -0.15) is 0 Å². The van der Waals surface area contributed by atoms with Crippen molar-refractivity contribution in [2.75, 3.05) is 45.3 Å². The molecule has 2 aromatic carbocycles. The number of allylic oxidation sites excluding steroid dienone is 1. The van der Waals surface area contributed by atoms with Crippen LogP contribution in [0.15, 0.2) is 51.7 Å². The molecule has 1 amide bonds. The highest BCUT2D eigenvalue weighted by molar-refractivity contribution is 5.95. The first-order chi connectivity index (χ1) is 16.1. The number of ether oxygens (including phenoxy) is 2. The van der Waals surface area contributed by atoms with Crippen molar-refractivity contribution in [2.45, 2.75) is 12.8 Å². The van der Waals surface area contributed by atoms with Crippen LogP contribution in [0.3, 0.4) is 0 Å². The molecule has 0 bridgehead atoms. The Bertz CT molecular complexity index is 1290. The number of amides is 1. The van der Waals surface area contributed by atoms with Gasteiger partial charge in [0.05, 0.1) is 32.3 Å². The lowest BCUT2D eigenvalue weighted by atomic mass is 10.1. The molecule has 2 heterocycles. The summed E-state index contributed by atoms with van der Waals surface area (Å²) in [6, 6.07) is 13.0. The minimum absolute atomic E-state index is 0.00788. The minimum atomic E-state index is -0.0987. The zero-order valence-electron chi connectivity index (χ0n) is 18.6. The number of carbonyl (C=O) groups is 1. The Morgan fingerprint density at radius 2 is 2.00 bits per heavy atom. The third-order valence-corrected chi connectivity index (χ3v) is 6.11. The third kappa shape index (κ3) is 4.55. The van der Waals surface area contributed by atoms with Crippen molar-refractivity contribution in [3.63, 3.8) is 0 Å². The minimum Gasteiger partial charge on any atom is -0.497 e. The molecule has 5 rings (SSSR count). The van der Waals surface area contributed by atoms with Gasteiger partial charge in [-0.3, -0.25) is 14.5 Å². The van der Waals surface area contributed by atoms with E-state index in [1.807, 2.05) is 30.3 Å². The molecular formula is C26H26N2O5. The molecule has 170 valence electrons. The summed E-state index contributed by atoms with van der Waals surface area (Å²) in [5.74, 6) is 1.31. The number of hydrogen-bond donors (Lipinski definition) is 1. The van der Waals surface area contributed by atoms with Crippen LogP contribution in [0.4, 0.5) is 5.69 Å². The second-order valence-electron chi connectivity index (χ2n) is 8.33. The molecule has 7 heteroatoms. The standard InChI is InChI=1S/C26H26N2O5/c1-31-20-4-2-3-17(14-20)13-18-5-7-22-25(30)21-8-6-19(15-23(21)33-26(18)22)27-24(29)16-28-9-11-32-12-10-28/h2-4,6,8,13-15H,5,7,9-12,16H2,1H3,(H,27,29). The fraction of sp³-hybridized carbons (Fsp3) is 0.308. The number of methoxy groups -OCH3 is 1. The summed E-state index contributed by atoms with van der Waals surface area (Å²) < 4.78 is 16.9. The van der Waals surface area contributed by atoms with E-state index in [0.29, 0.717) is 54.2 Å². The van der Waals surface area contributed by atoms with Crippen molar-refractivity contribution in [1.29, 1.82) is 0 Å². The molecular weight excluding hydrogens is 420 g/mol. The zero-order valence-corrected chi connectivity index (χ0v) is 18.6. The van der Waals surface area contributed by atoms with E-state index in [-0.39, 0.29) is 11.3 Å². The maximum Gasteiger partial charge on any atom is 0.238 e. The summed E-state index contributed by atoms with van der Waals surface area (Å²) in [6.07, 6.45) is 3.43. The zero-order chi connectivity index (χ0) is 22.8. The van der Waals surface area contributed by atoms with E-state index in [2.05, 4.69) is 10.2 Å². The summed E-state index contributed by atoms with van der Waals surface area (Å²) in [7, 11) is 1.64. The number of hydrogen-bond acceptors (Lipinski definition) is 6. The Balaban J connectivity index is 1.42. The van der Waals surface area contributed by atoms with E-state index in [1.165, 1.54) is 0 Å². The first-order valence-electron chi connectivity index (χ1n) is 11.2. The van der Waals surface area contributed by atoms with E-state index in [0.717, 1.165) is 36.4 Å². The maximum atomic E-state index is 13.1.